The number of hydrogen-bond donors (Lipinski definition) is 0. The normalized spacial score (nSPS) is 22.7. The summed E-state index contributed by atoms with van der Waals surface area (Å²) in [5.74, 6) is 0. The fourth-order valence-electron chi connectivity index (χ4n) is 4.82. The largest absolute Gasteiger partial charge is 0.296 e. The summed E-state index contributed by atoms with van der Waals surface area (Å²) >= 11 is 0. The van der Waals surface area contributed by atoms with Gasteiger partial charge in [0.15, 0.2) is 0 Å². The molecule has 2 aromatic carbocycles. The molecular weight excluding hydrogens is 344 g/mol. The number of benzene rings is 2. The fraction of sp³-hybridized carbons (Fsp3) is 0.333. The van der Waals surface area contributed by atoms with Crippen LogP contribution in [-0.4, -0.2) is 30.4 Å². The maximum Gasteiger partial charge on any atom is 0.268 e. The van der Waals surface area contributed by atoms with Crippen LogP contribution in [0.2, 0.25) is 0 Å². The Morgan fingerprint density at radius 2 is 1.81 bits per heavy atom. The molecule has 5 rings (SSSR count). The topological polar surface area (TPSA) is 42.3 Å². The Bertz CT molecular complexity index is 1120. The van der Waals surface area contributed by atoms with Gasteiger partial charge in [-0.3, -0.25) is 4.90 Å². The van der Waals surface area contributed by atoms with Gasteiger partial charge in [-0.05, 0) is 56.6 Å². The van der Waals surface area contributed by atoms with Crippen LogP contribution >= 0.6 is 0 Å². The number of likely N-dealkylation sites (N-methyl/N-ethyl adjacent to an activating group) is 1. The Morgan fingerprint density at radius 1 is 1.04 bits per heavy atom. The molecule has 0 saturated carbocycles. The number of rotatable bonds is 2. The molecule has 26 heavy (non-hydrogen) atoms. The summed E-state index contributed by atoms with van der Waals surface area (Å²) in [5.41, 5.74) is 4.18. The van der Waals surface area contributed by atoms with Gasteiger partial charge in [-0.2, -0.15) is 0 Å². The molecule has 2 atom stereocenters. The van der Waals surface area contributed by atoms with E-state index >= 15 is 0 Å². The zero-order chi connectivity index (χ0) is 18.1. The Hall–Kier alpha value is -2.11. The maximum absolute atomic E-state index is 13.5. The first kappa shape index (κ1) is 16.1. The van der Waals surface area contributed by atoms with Crippen LogP contribution in [0.4, 0.5) is 0 Å². The van der Waals surface area contributed by atoms with Crippen LogP contribution in [0.5, 0.6) is 0 Å². The number of aromatic nitrogens is 1. The van der Waals surface area contributed by atoms with Crippen molar-refractivity contribution in [3.63, 3.8) is 0 Å². The third-order valence-electron chi connectivity index (χ3n) is 6.10. The van der Waals surface area contributed by atoms with Crippen molar-refractivity contribution in [1.82, 2.24) is 8.87 Å². The molecule has 0 spiro atoms. The minimum atomic E-state index is -3.61. The van der Waals surface area contributed by atoms with Gasteiger partial charge in [-0.25, -0.2) is 12.4 Å². The molecule has 0 N–H and O–H groups in total. The van der Waals surface area contributed by atoms with Crippen molar-refractivity contribution < 1.29 is 8.42 Å². The third-order valence-corrected chi connectivity index (χ3v) is 7.87. The molecule has 0 radical (unpaired) electrons. The highest BCUT2D eigenvalue weighted by molar-refractivity contribution is 7.90. The fourth-order valence-corrected chi connectivity index (χ4v) is 6.41. The van der Waals surface area contributed by atoms with Crippen LogP contribution < -0.4 is 0 Å². The molecule has 2 bridgehead atoms. The summed E-state index contributed by atoms with van der Waals surface area (Å²) in [5, 5.41) is 1.09. The molecule has 0 aliphatic carbocycles. The zero-order valence-electron chi connectivity index (χ0n) is 15.0. The molecule has 3 heterocycles. The van der Waals surface area contributed by atoms with E-state index in [0.717, 1.165) is 41.4 Å². The Balaban J connectivity index is 1.87. The highest BCUT2D eigenvalue weighted by atomic mass is 32.2. The Labute approximate surface area is 154 Å². The van der Waals surface area contributed by atoms with Crippen molar-refractivity contribution in [2.45, 2.75) is 43.2 Å². The van der Waals surface area contributed by atoms with Gasteiger partial charge in [0, 0.05) is 29.6 Å². The molecule has 2 aliphatic heterocycles. The van der Waals surface area contributed by atoms with Crippen LogP contribution in [-0.2, 0) is 16.4 Å². The first-order chi connectivity index (χ1) is 12.5. The second kappa shape index (κ2) is 5.44. The molecule has 134 valence electrons. The van der Waals surface area contributed by atoms with Crippen LogP contribution in [0.15, 0.2) is 53.4 Å². The van der Waals surface area contributed by atoms with Crippen molar-refractivity contribution in [1.29, 1.82) is 0 Å². The predicted octanol–water partition coefficient (Wildman–Crippen LogP) is 3.88. The molecule has 4 nitrogen and oxygen atoms in total. The van der Waals surface area contributed by atoms with E-state index in [9.17, 15) is 8.42 Å². The zero-order valence-corrected chi connectivity index (χ0v) is 15.8. The van der Waals surface area contributed by atoms with Crippen molar-refractivity contribution in [2.75, 3.05) is 7.05 Å². The summed E-state index contributed by atoms with van der Waals surface area (Å²) < 4.78 is 28.7. The summed E-state index contributed by atoms with van der Waals surface area (Å²) in [6.45, 7) is 2.07. The van der Waals surface area contributed by atoms with E-state index in [-0.39, 0.29) is 0 Å². The predicted molar refractivity (Wildman–Crippen MR) is 103 cm³/mol. The van der Waals surface area contributed by atoms with Crippen LogP contribution in [0.25, 0.3) is 10.9 Å². The second-order valence-corrected chi connectivity index (χ2v) is 9.37. The quantitative estimate of drug-likeness (QED) is 0.691. The van der Waals surface area contributed by atoms with Crippen LogP contribution in [0.3, 0.4) is 0 Å². The van der Waals surface area contributed by atoms with E-state index in [1.807, 2.05) is 18.2 Å². The number of aryl methyl sites for hydroxylation is 1. The van der Waals surface area contributed by atoms with Crippen LogP contribution in [0.1, 0.15) is 35.7 Å². The first-order valence-corrected chi connectivity index (χ1v) is 10.6. The van der Waals surface area contributed by atoms with Crippen molar-refractivity contribution in [3.05, 3.63) is 65.4 Å². The van der Waals surface area contributed by atoms with Gasteiger partial charge in [0.2, 0.25) is 0 Å². The molecule has 1 fully saturated rings. The average molecular weight is 366 g/mol. The second-order valence-electron chi connectivity index (χ2n) is 7.58. The number of hydrogen-bond acceptors (Lipinski definition) is 3. The Kier molecular flexibility index (Phi) is 3.37. The lowest BCUT2D eigenvalue weighted by molar-refractivity contribution is 0.224. The molecule has 3 aromatic rings. The molecular formula is C21H22N2O2S. The lowest BCUT2D eigenvalue weighted by Gasteiger charge is -2.32. The van der Waals surface area contributed by atoms with Crippen molar-refractivity contribution in [2.24, 2.45) is 0 Å². The lowest BCUT2D eigenvalue weighted by atomic mass is 9.97. The third kappa shape index (κ3) is 2.07. The van der Waals surface area contributed by atoms with E-state index < -0.39 is 10.0 Å². The smallest absolute Gasteiger partial charge is 0.268 e. The van der Waals surface area contributed by atoms with Gasteiger partial charge >= 0.3 is 0 Å². The summed E-state index contributed by atoms with van der Waals surface area (Å²) in [7, 11) is -1.44. The van der Waals surface area contributed by atoms with E-state index in [0.29, 0.717) is 17.0 Å². The molecule has 0 amide bonds. The van der Waals surface area contributed by atoms with E-state index in [1.165, 1.54) is 5.56 Å². The van der Waals surface area contributed by atoms with Gasteiger partial charge in [0.05, 0.1) is 10.4 Å². The SMILES string of the molecule is Cc1ccc2c(c1)c1c(n2S(=O)(=O)c2ccccc2)CC2CCC1N2C. The van der Waals surface area contributed by atoms with Gasteiger partial charge < -0.3 is 0 Å². The molecule has 1 saturated heterocycles. The number of fused-ring (bicyclic) bond motifs is 6. The van der Waals surface area contributed by atoms with E-state index in [4.69, 9.17) is 0 Å². The summed E-state index contributed by atoms with van der Waals surface area (Å²) in [4.78, 5) is 2.79. The minimum Gasteiger partial charge on any atom is -0.296 e. The molecule has 1 aromatic heterocycles. The van der Waals surface area contributed by atoms with Crippen LogP contribution in [0, 0.1) is 6.92 Å². The number of nitrogens with zero attached hydrogens (tertiary/aromatic N) is 2. The van der Waals surface area contributed by atoms with Gasteiger partial charge in [0.25, 0.3) is 10.0 Å². The standard InChI is InChI=1S/C21H22N2O2S/c1-14-8-10-18-17(12-14)21-19-11-9-15(22(19)2)13-20(21)23(18)26(24,25)16-6-4-3-5-7-16/h3-8,10,12,15,19H,9,11,13H2,1-2H3. The Morgan fingerprint density at radius 3 is 2.58 bits per heavy atom. The molecule has 2 unspecified atom stereocenters. The maximum atomic E-state index is 13.5. The van der Waals surface area contributed by atoms with E-state index in [2.05, 4.69) is 24.9 Å². The lowest BCUT2D eigenvalue weighted by Crippen LogP contribution is -2.35. The monoisotopic (exact) mass is 366 g/mol. The summed E-state index contributed by atoms with van der Waals surface area (Å²) in [6.07, 6.45) is 3.03. The molecule has 5 heteroatoms. The van der Waals surface area contributed by atoms with Gasteiger partial charge in [-0.1, -0.05) is 29.8 Å². The van der Waals surface area contributed by atoms with E-state index in [1.54, 1.807) is 28.2 Å². The van der Waals surface area contributed by atoms with Gasteiger partial charge in [-0.15, -0.1) is 0 Å². The average Bonchev–Trinajstić information content (AvgIpc) is 3.06. The summed E-state index contributed by atoms with van der Waals surface area (Å²) in [6, 6.07) is 15.7. The minimum absolute atomic E-state index is 0.320. The molecule has 2 aliphatic rings. The highest BCUT2D eigenvalue weighted by Gasteiger charge is 2.42. The highest BCUT2D eigenvalue weighted by Crippen LogP contribution is 2.47. The first-order valence-electron chi connectivity index (χ1n) is 9.15. The van der Waals surface area contributed by atoms with Crippen molar-refractivity contribution >= 4 is 20.9 Å². The van der Waals surface area contributed by atoms with Gasteiger partial charge in [0.1, 0.15) is 0 Å². The van der Waals surface area contributed by atoms with Crippen molar-refractivity contribution in [3.8, 4) is 0 Å².